The van der Waals surface area contributed by atoms with Gasteiger partial charge in [0, 0.05) is 0 Å². The van der Waals surface area contributed by atoms with Gasteiger partial charge >= 0.3 is 18.3 Å². The molecule has 0 aliphatic heterocycles. The maximum absolute atomic E-state index is 13.2. The Bertz CT molecular complexity index is 252. The van der Waals surface area contributed by atoms with Crippen LogP contribution >= 0.6 is 0 Å². The molecule has 0 radical (unpaired) electrons. The van der Waals surface area contributed by atoms with Gasteiger partial charge in [0.05, 0.1) is 0 Å². The highest BCUT2D eigenvalue weighted by molar-refractivity contribution is 5.06. The first-order valence-corrected chi connectivity index (χ1v) is 4.20. The second-order valence-corrected chi connectivity index (χ2v) is 4.20. The third-order valence-corrected chi connectivity index (χ3v) is 2.62. The summed E-state index contributed by atoms with van der Waals surface area (Å²) in [7, 11) is 0. The molecule has 104 valence electrons. The lowest BCUT2D eigenvalue weighted by Gasteiger charge is -2.42. The van der Waals surface area contributed by atoms with Crippen LogP contribution in [0.5, 0.6) is 0 Å². The Hall–Kier alpha value is -0.630. The van der Waals surface area contributed by atoms with Crippen LogP contribution in [0.1, 0.15) is 20.8 Å². The highest BCUT2D eigenvalue weighted by Gasteiger charge is 2.78. The number of alkyl halides is 9. The van der Waals surface area contributed by atoms with Gasteiger partial charge in [-0.2, -0.15) is 26.3 Å². The molecule has 0 N–H and O–H groups in total. The van der Waals surface area contributed by atoms with Gasteiger partial charge in [-0.25, -0.2) is 13.2 Å². The van der Waals surface area contributed by atoms with E-state index in [4.69, 9.17) is 0 Å². The summed E-state index contributed by atoms with van der Waals surface area (Å²) in [6.07, 6.45) is -11.8. The zero-order chi connectivity index (χ0) is 14.5. The fourth-order valence-electron chi connectivity index (χ4n) is 0.943. The maximum atomic E-state index is 13.2. The van der Waals surface area contributed by atoms with E-state index in [0.717, 1.165) is 0 Å². The SMILES string of the molecule is CC(C)(C(F)(F)F)C(F)(F)C(C)(F)C(F)(F)F. The molecular formula is C8H9F9. The average Bonchev–Trinajstić information content (AvgIpc) is 1.98. The summed E-state index contributed by atoms with van der Waals surface area (Å²) < 4.78 is 112. The van der Waals surface area contributed by atoms with Gasteiger partial charge in [0.15, 0.2) is 0 Å². The molecule has 0 bridgehead atoms. The lowest BCUT2D eigenvalue weighted by atomic mass is 9.76. The van der Waals surface area contributed by atoms with E-state index in [1.165, 1.54) is 0 Å². The topological polar surface area (TPSA) is 0 Å². The molecule has 1 unspecified atom stereocenters. The van der Waals surface area contributed by atoms with E-state index in [0.29, 0.717) is 0 Å². The van der Waals surface area contributed by atoms with E-state index in [1.54, 1.807) is 0 Å². The molecule has 17 heavy (non-hydrogen) atoms. The molecule has 1 atom stereocenters. The van der Waals surface area contributed by atoms with Gasteiger partial charge in [0.2, 0.25) is 0 Å². The van der Waals surface area contributed by atoms with E-state index in [2.05, 4.69) is 0 Å². The Balaban J connectivity index is 5.73. The number of rotatable bonds is 2. The summed E-state index contributed by atoms with van der Waals surface area (Å²) in [6, 6.07) is 0. The Labute approximate surface area is 90.8 Å². The molecule has 0 nitrogen and oxygen atoms in total. The standard InChI is InChI=1S/C8H9F9/c1-4(2,7(12,13)14)6(10,11)5(3,9)8(15,16)17/h1-3H3. The quantitative estimate of drug-likeness (QED) is 0.651. The van der Waals surface area contributed by atoms with E-state index in [1.807, 2.05) is 0 Å². The van der Waals surface area contributed by atoms with Gasteiger partial charge in [0.25, 0.3) is 5.67 Å². The normalized spacial score (nSPS) is 19.1. The zero-order valence-electron chi connectivity index (χ0n) is 8.90. The molecule has 9 heteroatoms. The molecule has 0 saturated carbocycles. The van der Waals surface area contributed by atoms with Gasteiger partial charge in [-0.05, 0) is 20.8 Å². The Morgan fingerprint density at radius 1 is 0.529 bits per heavy atom. The summed E-state index contributed by atoms with van der Waals surface area (Å²) in [5.74, 6) is -5.66. The fraction of sp³-hybridized carbons (Fsp3) is 1.00. The Morgan fingerprint density at radius 3 is 1.00 bits per heavy atom. The number of hydrogen-bond acceptors (Lipinski definition) is 0. The monoisotopic (exact) mass is 276 g/mol. The summed E-state index contributed by atoms with van der Waals surface area (Å²) >= 11 is 0. The third-order valence-electron chi connectivity index (χ3n) is 2.62. The van der Waals surface area contributed by atoms with Crippen LogP contribution in [0.15, 0.2) is 0 Å². The lowest BCUT2D eigenvalue weighted by Crippen LogP contribution is -2.63. The van der Waals surface area contributed by atoms with Crippen LogP contribution in [0.4, 0.5) is 39.5 Å². The molecule has 0 aromatic heterocycles. The third kappa shape index (κ3) is 2.20. The molecule has 0 aromatic rings. The van der Waals surface area contributed by atoms with Gasteiger partial charge < -0.3 is 0 Å². The van der Waals surface area contributed by atoms with Crippen molar-refractivity contribution in [3.63, 3.8) is 0 Å². The first kappa shape index (κ1) is 16.4. The minimum Gasteiger partial charge on any atom is -0.227 e. The average molecular weight is 276 g/mol. The van der Waals surface area contributed by atoms with Crippen molar-refractivity contribution >= 4 is 0 Å². The predicted molar refractivity (Wildman–Crippen MR) is 40.4 cm³/mol. The number of halogens is 9. The number of hydrogen-bond donors (Lipinski definition) is 0. The van der Waals surface area contributed by atoms with Crippen LogP contribution in [-0.4, -0.2) is 23.9 Å². The molecule has 0 amide bonds. The van der Waals surface area contributed by atoms with Crippen molar-refractivity contribution in [3.05, 3.63) is 0 Å². The molecule has 0 aliphatic carbocycles. The van der Waals surface area contributed by atoms with Crippen molar-refractivity contribution in [2.45, 2.75) is 44.7 Å². The van der Waals surface area contributed by atoms with Crippen molar-refractivity contribution < 1.29 is 39.5 Å². The first-order valence-electron chi connectivity index (χ1n) is 4.20. The van der Waals surface area contributed by atoms with Crippen LogP contribution in [0.2, 0.25) is 0 Å². The molecule has 0 aliphatic rings. The van der Waals surface area contributed by atoms with Crippen molar-refractivity contribution in [2.75, 3.05) is 0 Å². The predicted octanol–water partition coefficient (Wildman–Crippen LogP) is 4.50. The summed E-state index contributed by atoms with van der Waals surface area (Å²) in [5.41, 5.74) is -9.43. The lowest BCUT2D eigenvalue weighted by molar-refractivity contribution is -0.365. The van der Waals surface area contributed by atoms with Gasteiger partial charge in [0.1, 0.15) is 5.41 Å². The second kappa shape index (κ2) is 3.68. The Kier molecular flexibility index (Phi) is 3.54. The molecule has 0 spiro atoms. The highest BCUT2D eigenvalue weighted by Crippen LogP contribution is 2.58. The van der Waals surface area contributed by atoms with Gasteiger partial charge in [-0.1, -0.05) is 0 Å². The van der Waals surface area contributed by atoms with E-state index in [9.17, 15) is 39.5 Å². The summed E-state index contributed by atoms with van der Waals surface area (Å²) in [4.78, 5) is 0. The molecule has 0 rings (SSSR count). The smallest absolute Gasteiger partial charge is 0.227 e. The van der Waals surface area contributed by atoms with Crippen LogP contribution in [0.25, 0.3) is 0 Å². The first-order chi connectivity index (χ1) is 7.00. The van der Waals surface area contributed by atoms with Crippen LogP contribution in [-0.2, 0) is 0 Å². The van der Waals surface area contributed by atoms with Crippen molar-refractivity contribution in [1.29, 1.82) is 0 Å². The van der Waals surface area contributed by atoms with Gasteiger partial charge in [-0.3, -0.25) is 0 Å². The van der Waals surface area contributed by atoms with Crippen LogP contribution in [0, 0.1) is 5.41 Å². The van der Waals surface area contributed by atoms with E-state index in [-0.39, 0.29) is 13.8 Å². The summed E-state index contributed by atoms with van der Waals surface area (Å²) in [6.45, 7) is -0.979. The largest absolute Gasteiger partial charge is 0.428 e. The van der Waals surface area contributed by atoms with Crippen LogP contribution < -0.4 is 0 Å². The molecule has 0 saturated heterocycles. The van der Waals surface area contributed by atoms with Crippen molar-refractivity contribution in [2.24, 2.45) is 5.41 Å². The van der Waals surface area contributed by atoms with E-state index < -0.39 is 36.3 Å². The molecule has 0 aromatic carbocycles. The van der Waals surface area contributed by atoms with Crippen LogP contribution in [0.3, 0.4) is 0 Å². The van der Waals surface area contributed by atoms with Crippen molar-refractivity contribution in [1.82, 2.24) is 0 Å². The molecular weight excluding hydrogens is 267 g/mol. The minimum atomic E-state index is -6.11. The summed E-state index contributed by atoms with van der Waals surface area (Å²) in [5, 5.41) is 0. The van der Waals surface area contributed by atoms with Gasteiger partial charge in [-0.15, -0.1) is 0 Å². The maximum Gasteiger partial charge on any atom is 0.428 e. The fourth-order valence-corrected chi connectivity index (χ4v) is 0.943. The molecule has 0 fully saturated rings. The second-order valence-electron chi connectivity index (χ2n) is 4.20. The zero-order valence-corrected chi connectivity index (χ0v) is 8.90. The van der Waals surface area contributed by atoms with Crippen molar-refractivity contribution in [3.8, 4) is 0 Å². The molecule has 0 heterocycles. The highest BCUT2D eigenvalue weighted by atomic mass is 19.4. The van der Waals surface area contributed by atoms with E-state index >= 15 is 0 Å². The Morgan fingerprint density at radius 2 is 0.824 bits per heavy atom. The minimum absolute atomic E-state index is 0.184.